The Kier molecular flexibility index (Phi) is 2.73. The van der Waals surface area contributed by atoms with E-state index < -0.39 is 0 Å². The predicted octanol–water partition coefficient (Wildman–Crippen LogP) is 2.85. The molecule has 0 aliphatic carbocycles. The molecular formula is C12H14O2. The van der Waals surface area contributed by atoms with Crippen LogP contribution in [-0.2, 0) is 4.74 Å². The average molecular weight is 190 g/mol. The van der Waals surface area contributed by atoms with E-state index in [1.807, 2.05) is 24.3 Å². The molecule has 0 atom stereocenters. The summed E-state index contributed by atoms with van der Waals surface area (Å²) in [5, 5.41) is 0. The summed E-state index contributed by atoms with van der Waals surface area (Å²) in [4.78, 5) is 0. The molecular weight excluding hydrogens is 176 g/mol. The van der Waals surface area contributed by atoms with Crippen molar-refractivity contribution in [1.82, 2.24) is 0 Å². The van der Waals surface area contributed by atoms with Crippen LogP contribution >= 0.6 is 0 Å². The highest BCUT2D eigenvalue weighted by atomic mass is 16.5. The minimum Gasteiger partial charge on any atom is -0.496 e. The van der Waals surface area contributed by atoms with Crippen LogP contribution in [0.1, 0.15) is 18.4 Å². The average Bonchev–Trinajstić information content (AvgIpc) is 2.30. The van der Waals surface area contributed by atoms with Crippen molar-refractivity contribution in [3.05, 3.63) is 35.9 Å². The van der Waals surface area contributed by atoms with E-state index in [0.29, 0.717) is 0 Å². The van der Waals surface area contributed by atoms with Gasteiger partial charge in [0.05, 0.1) is 19.3 Å². The summed E-state index contributed by atoms with van der Waals surface area (Å²) in [6.07, 6.45) is 4.33. The molecule has 0 aromatic heterocycles. The highest BCUT2D eigenvalue weighted by molar-refractivity contribution is 5.66. The monoisotopic (exact) mass is 190 g/mol. The molecule has 0 saturated heterocycles. The van der Waals surface area contributed by atoms with E-state index in [0.717, 1.165) is 36.5 Å². The van der Waals surface area contributed by atoms with Crippen molar-refractivity contribution >= 4 is 5.76 Å². The smallest absolute Gasteiger partial charge is 0.129 e. The van der Waals surface area contributed by atoms with Crippen LogP contribution in [0.15, 0.2) is 30.3 Å². The number of hydrogen-bond donors (Lipinski definition) is 0. The lowest BCUT2D eigenvalue weighted by atomic mass is 10.1. The maximum Gasteiger partial charge on any atom is 0.129 e. The highest BCUT2D eigenvalue weighted by Gasteiger charge is 2.11. The van der Waals surface area contributed by atoms with Gasteiger partial charge in [-0.1, -0.05) is 12.1 Å². The molecule has 2 heteroatoms. The maximum absolute atomic E-state index is 5.59. The van der Waals surface area contributed by atoms with Crippen molar-refractivity contribution in [3.63, 3.8) is 0 Å². The minimum atomic E-state index is 0.809. The van der Waals surface area contributed by atoms with Gasteiger partial charge in [0.25, 0.3) is 0 Å². The molecule has 0 fully saturated rings. The van der Waals surface area contributed by atoms with Gasteiger partial charge in [-0.05, 0) is 31.1 Å². The van der Waals surface area contributed by atoms with E-state index in [-0.39, 0.29) is 0 Å². The molecule has 1 aliphatic heterocycles. The fourth-order valence-corrected chi connectivity index (χ4v) is 1.59. The molecule has 2 nitrogen and oxygen atoms in total. The Morgan fingerprint density at radius 1 is 1.29 bits per heavy atom. The van der Waals surface area contributed by atoms with E-state index in [4.69, 9.17) is 9.47 Å². The van der Waals surface area contributed by atoms with Gasteiger partial charge in [-0.2, -0.15) is 0 Å². The molecule has 0 saturated carbocycles. The Balaban J connectivity index is 2.34. The van der Waals surface area contributed by atoms with Crippen molar-refractivity contribution < 1.29 is 9.47 Å². The number of methoxy groups -OCH3 is 1. The normalized spacial score (nSPS) is 15.6. The SMILES string of the molecule is COc1ccccc1C1=CCCCO1. The summed E-state index contributed by atoms with van der Waals surface area (Å²) in [5.41, 5.74) is 1.05. The zero-order valence-electron chi connectivity index (χ0n) is 8.32. The Labute approximate surface area is 84.2 Å². The lowest BCUT2D eigenvalue weighted by Gasteiger charge is -2.16. The van der Waals surface area contributed by atoms with E-state index in [1.54, 1.807) is 7.11 Å². The van der Waals surface area contributed by atoms with Crippen molar-refractivity contribution in [2.24, 2.45) is 0 Å². The van der Waals surface area contributed by atoms with Crippen LogP contribution in [0.2, 0.25) is 0 Å². The highest BCUT2D eigenvalue weighted by Crippen LogP contribution is 2.28. The van der Waals surface area contributed by atoms with Crippen molar-refractivity contribution in [3.8, 4) is 5.75 Å². The summed E-state index contributed by atoms with van der Waals surface area (Å²) in [6.45, 7) is 0.809. The second kappa shape index (κ2) is 4.18. The summed E-state index contributed by atoms with van der Waals surface area (Å²) in [5.74, 6) is 1.83. The van der Waals surface area contributed by atoms with Crippen LogP contribution in [0, 0.1) is 0 Å². The predicted molar refractivity (Wildman–Crippen MR) is 56.2 cm³/mol. The van der Waals surface area contributed by atoms with E-state index >= 15 is 0 Å². The third kappa shape index (κ3) is 1.74. The first-order valence-corrected chi connectivity index (χ1v) is 4.88. The molecule has 1 aromatic rings. The first kappa shape index (κ1) is 9.13. The third-order valence-electron chi connectivity index (χ3n) is 2.31. The van der Waals surface area contributed by atoms with Crippen LogP contribution < -0.4 is 4.74 Å². The molecule has 74 valence electrons. The molecule has 2 rings (SSSR count). The van der Waals surface area contributed by atoms with Crippen molar-refractivity contribution in [2.45, 2.75) is 12.8 Å². The fraction of sp³-hybridized carbons (Fsp3) is 0.333. The van der Waals surface area contributed by atoms with Crippen LogP contribution in [-0.4, -0.2) is 13.7 Å². The van der Waals surface area contributed by atoms with Gasteiger partial charge in [0.1, 0.15) is 11.5 Å². The molecule has 1 aliphatic rings. The first-order chi connectivity index (χ1) is 6.92. The summed E-state index contributed by atoms with van der Waals surface area (Å²) in [6, 6.07) is 7.94. The molecule has 0 unspecified atom stereocenters. The Hall–Kier alpha value is -1.44. The third-order valence-corrected chi connectivity index (χ3v) is 2.31. The molecule has 0 N–H and O–H groups in total. The Morgan fingerprint density at radius 2 is 2.14 bits per heavy atom. The largest absolute Gasteiger partial charge is 0.496 e. The lowest BCUT2D eigenvalue weighted by molar-refractivity contribution is 0.257. The molecule has 0 bridgehead atoms. The second-order valence-electron chi connectivity index (χ2n) is 3.26. The molecule has 0 amide bonds. The summed E-state index contributed by atoms with van der Waals surface area (Å²) in [7, 11) is 1.68. The van der Waals surface area contributed by atoms with Crippen molar-refractivity contribution in [2.75, 3.05) is 13.7 Å². The van der Waals surface area contributed by atoms with E-state index in [9.17, 15) is 0 Å². The number of ether oxygens (including phenoxy) is 2. The van der Waals surface area contributed by atoms with Gasteiger partial charge in [-0.15, -0.1) is 0 Å². The van der Waals surface area contributed by atoms with Gasteiger partial charge in [-0.3, -0.25) is 0 Å². The topological polar surface area (TPSA) is 18.5 Å². The zero-order chi connectivity index (χ0) is 9.80. The second-order valence-corrected chi connectivity index (χ2v) is 3.26. The van der Waals surface area contributed by atoms with Gasteiger partial charge in [0.15, 0.2) is 0 Å². The first-order valence-electron chi connectivity index (χ1n) is 4.88. The van der Waals surface area contributed by atoms with Crippen LogP contribution in [0.25, 0.3) is 5.76 Å². The minimum absolute atomic E-state index is 0.809. The number of allylic oxidation sites excluding steroid dienone is 1. The van der Waals surface area contributed by atoms with Gasteiger partial charge >= 0.3 is 0 Å². The molecule has 1 aromatic carbocycles. The molecule has 14 heavy (non-hydrogen) atoms. The number of para-hydroxylation sites is 1. The number of hydrogen-bond acceptors (Lipinski definition) is 2. The molecule has 0 spiro atoms. The van der Waals surface area contributed by atoms with Gasteiger partial charge in [0.2, 0.25) is 0 Å². The standard InChI is InChI=1S/C12H14O2/c1-13-11-7-3-2-6-10(11)12-8-4-5-9-14-12/h2-3,6-8H,4-5,9H2,1H3. The molecule has 1 heterocycles. The van der Waals surface area contributed by atoms with Crippen LogP contribution in [0.4, 0.5) is 0 Å². The lowest BCUT2D eigenvalue weighted by Crippen LogP contribution is -2.01. The Bertz CT molecular complexity index is 342. The van der Waals surface area contributed by atoms with Gasteiger partial charge in [-0.25, -0.2) is 0 Å². The Morgan fingerprint density at radius 3 is 2.86 bits per heavy atom. The van der Waals surface area contributed by atoms with Gasteiger partial charge < -0.3 is 9.47 Å². The summed E-state index contributed by atoms with van der Waals surface area (Å²) >= 11 is 0. The maximum atomic E-state index is 5.59. The van der Waals surface area contributed by atoms with Gasteiger partial charge in [0, 0.05) is 0 Å². The van der Waals surface area contributed by atoms with E-state index in [2.05, 4.69) is 6.08 Å². The summed E-state index contributed by atoms with van der Waals surface area (Å²) < 4.78 is 10.9. The zero-order valence-corrected chi connectivity index (χ0v) is 8.32. The fourth-order valence-electron chi connectivity index (χ4n) is 1.59. The quantitative estimate of drug-likeness (QED) is 0.714. The number of benzene rings is 1. The van der Waals surface area contributed by atoms with E-state index in [1.165, 1.54) is 0 Å². The van der Waals surface area contributed by atoms with Crippen LogP contribution in [0.3, 0.4) is 0 Å². The van der Waals surface area contributed by atoms with Crippen molar-refractivity contribution in [1.29, 1.82) is 0 Å². The number of rotatable bonds is 2. The van der Waals surface area contributed by atoms with Crippen LogP contribution in [0.5, 0.6) is 5.75 Å². The molecule has 0 radical (unpaired) electrons.